The number of carbonyl (C=O) groups is 2. The van der Waals surface area contributed by atoms with Crippen LogP contribution in [0.4, 0.5) is 0 Å². The fourth-order valence-electron chi connectivity index (χ4n) is 3.01. The molecule has 6 nitrogen and oxygen atoms in total. The third kappa shape index (κ3) is 24.8. The quantitative estimate of drug-likeness (QED) is 0.205. The van der Waals surface area contributed by atoms with E-state index in [9.17, 15) is 9.59 Å². The molecule has 4 N–H and O–H groups in total. The summed E-state index contributed by atoms with van der Waals surface area (Å²) < 4.78 is 0. The zero-order valence-corrected chi connectivity index (χ0v) is 18.8. The number of hydrogen-bond acceptors (Lipinski definition) is 4. The van der Waals surface area contributed by atoms with Gasteiger partial charge in [-0.15, -0.1) is 0 Å². The Kier molecular flexibility index (Phi) is 24.0. The van der Waals surface area contributed by atoms with Gasteiger partial charge in [-0.3, -0.25) is 0 Å². The van der Waals surface area contributed by atoms with Crippen LogP contribution in [0.15, 0.2) is 0 Å². The van der Waals surface area contributed by atoms with Gasteiger partial charge >= 0.3 is 11.9 Å². The number of rotatable bonds is 19. The van der Waals surface area contributed by atoms with Crippen molar-refractivity contribution in [3.63, 3.8) is 0 Å². The molecule has 0 aromatic carbocycles. The van der Waals surface area contributed by atoms with E-state index in [1.54, 1.807) is 0 Å². The van der Waals surface area contributed by atoms with E-state index in [4.69, 9.17) is 20.4 Å². The molecule has 2 unspecified atom stereocenters. The number of unbranched alkanes of at least 4 members (excludes halogenated alkanes) is 13. The summed E-state index contributed by atoms with van der Waals surface area (Å²) >= 11 is 0. The molecule has 174 valence electrons. The van der Waals surface area contributed by atoms with Gasteiger partial charge in [-0.05, 0) is 12.8 Å². The highest BCUT2D eigenvalue weighted by Crippen LogP contribution is 2.11. The number of hydrogen-bond donors (Lipinski definition) is 4. The molecule has 0 aliphatic heterocycles. The van der Waals surface area contributed by atoms with Gasteiger partial charge in [0.25, 0.3) is 0 Å². The van der Waals surface area contributed by atoms with Crippen molar-refractivity contribution in [3.05, 3.63) is 0 Å². The van der Waals surface area contributed by atoms with Gasteiger partial charge in [0.1, 0.15) is 0 Å². The lowest BCUT2D eigenvalue weighted by Crippen LogP contribution is -2.18. The Bertz CT molecular complexity index is 372. The van der Waals surface area contributed by atoms with Gasteiger partial charge in [-0.25, -0.2) is 9.59 Å². The van der Waals surface area contributed by atoms with Crippen molar-refractivity contribution in [2.75, 3.05) is 0 Å². The topological polar surface area (TPSA) is 115 Å². The lowest BCUT2D eigenvalue weighted by atomic mass is 10.1. The molecule has 0 radical (unpaired) electrons. The van der Waals surface area contributed by atoms with Crippen LogP contribution in [0.2, 0.25) is 0 Å². The predicted octanol–water partition coefficient (Wildman–Crippen LogP) is 5.54. The molecule has 0 rings (SSSR count). The first-order valence-corrected chi connectivity index (χ1v) is 11.7. The van der Waals surface area contributed by atoms with Gasteiger partial charge in [-0.2, -0.15) is 0 Å². The summed E-state index contributed by atoms with van der Waals surface area (Å²) in [6, 6.07) is 0. The highest BCUT2D eigenvalue weighted by atomic mass is 16.4. The van der Waals surface area contributed by atoms with Crippen LogP contribution in [0, 0.1) is 0 Å². The molecular formula is C23H46O6. The normalized spacial score (nSPS) is 12.7. The zero-order valence-electron chi connectivity index (χ0n) is 18.8. The molecule has 0 saturated carbocycles. The Hall–Kier alpha value is -1.14. The van der Waals surface area contributed by atoms with Gasteiger partial charge < -0.3 is 20.4 Å². The molecule has 0 heterocycles. The first-order valence-electron chi connectivity index (χ1n) is 11.7. The molecule has 29 heavy (non-hydrogen) atoms. The van der Waals surface area contributed by atoms with Crippen LogP contribution in [0.5, 0.6) is 0 Å². The summed E-state index contributed by atoms with van der Waals surface area (Å²) in [4.78, 5) is 20.5. The van der Waals surface area contributed by atoms with E-state index < -0.39 is 24.1 Å². The average molecular weight is 419 g/mol. The molecule has 0 aliphatic rings. The first kappa shape index (κ1) is 30.1. The molecule has 0 spiro atoms. The summed E-state index contributed by atoms with van der Waals surface area (Å²) in [5, 5.41) is 34.8. The third-order valence-corrected chi connectivity index (χ3v) is 4.98. The van der Waals surface area contributed by atoms with E-state index in [-0.39, 0.29) is 0 Å². The highest BCUT2D eigenvalue weighted by Gasteiger charge is 2.12. The molecule has 2 atom stereocenters. The van der Waals surface area contributed by atoms with E-state index in [0.29, 0.717) is 12.8 Å². The third-order valence-electron chi connectivity index (χ3n) is 4.98. The second kappa shape index (κ2) is 23.1. The lowest BCUT2D eigenvalue weighted by Gasteiger charge is -2.04. The SMILES string of the molecule is CCCCCCCCCC(O)C(=O)O.CCCCCCCCCCC(O)C(=O)O. The average Bonchev–Trinajstić information content (AvgIpc) is 2.69. The van der Waals surface area contributed by atoms with Gasteiger partial charge in [0.15, 0.2) is 12.2 Å². The molecule has 0 aromatic rings. The Morgan fingerprint density at radius 1 is 0.517 bits per heavy atom. The van der Waals surface area contributed by atoms with Crippen molar-refractivity contribution >= 4 is 11.9 Å². The highest BCUT2D eigenvalue weighted by molar-refractivity contribution is 5.72. The summed E-state index contributed by atoms with van der Waals surface area (Å²) in [5.41, 5.74) is 0. The van der Waals surface area contributed by atoms with Crippen LogP contribution in [-0.2, 0) is 9.59 Å². The Balaban J connectivity index is 0. The van der Waals surface area contributed by atoms with Crippen LogP contribution in [0.25, 0.3) is 0 Å². The van der Waals surface area contributed by atoms with Gasteiger partial charge in [0.05, 0.1) is 0 Å². The fourth-order valence-corrected chi connectivity index (χ4v) is 3.01. The van der Waals surface area contributed by atoms with Crippen molar-refractivity contribution in [2.45, 2.75) is 135 Å². The Labute approximate surface area is 177 Å². The van der Waals surface area contributed by atoms with Crippen LogP contribution in [0.3, 0.4) is 0 Å². The van der Waals surface area contributed by atoms with Gasteiger partial charge in [0, 0.05) is 0 Å². The van der Waals surface area contributed by atoms with E-state index >= 15 is 0 Å². The van der Waals surface area contributed by atoms with Crippen LogP contribution >= 0.6 is 0 Å². The summed E-state index contributed by atoms with van der Waals surface area (Å²) in [6.45, 7) is 4.39. The molecule has 0 fully saturated rings. The van der Waals surface area contributed by atoms with E-state index in [1.807, 2.05) is 0 Å². The Morgan fingerprint density at radius 3 is 1.00 bits per heavy atom. The van der Waals surface area contributed by atoms with Crippen molar-refractivity contribution < 1.29 is 30.0 Å². The Morgan fingerprint density at radius 2 is 0.759 bits per heavy atom. The van der Waals surface area contributed by atoms with Crippen molar-refractivity contribution in [1.29, 1.82) is 0 Å². The van der Waals surface area contributed by atoms with Gasteiger partial charge in [0.2, 0.25) is 0 Å². The molecule has 0 saturated heterocycles. The molecule has 0 aromatic heterocycles. The van der Waals surface area contributed by atoms with Crippen molar-refractivity contribution in [2.24, 2.45) is 0 Å². The van der Waals surface area contributed by atoms with Crippen LogP contribution in [-0.4, -0.2) is 44.6 Å². The minimum atomic E-state index is -1.16. The molecule has 0 bridgehead atoms. The minimum absolute atomic E-state index is 0.392. The molecule has 6 heteroatoms. The summed E-state index contributed by atoms with van der Waals surface area (Å²) in [6.07, 6.45) is 16.0. The lowest BCUT2D eigenvalue weighted by molar-refractivity contribution is -0.147. The largest absolute Gasteiger partial charge is 0.479 e. The van der Waals surface area contributed by atoms with Crippen LogP contribution < -0.4 is 0 Å². The second-order valence-electron chi connectivity index (χ2n) is 7.88. The van der Waals surface area contributed by atoms with Crippen LogP contribution in [0.1, 0.15) is 123 Å². The fraction of sp³-hybridized carbons (Fsp3) is 0.913. The number of aliphatic carboxylic acids is 2. The first-order chi connectivity index (χ1) is 13.9. The maximum absolute atomic E-state index is 10.3. The van der Waals surface area contributed by atoms with E-state index in [0.717, 1.165) is 38.5 Å². The monoisotopic (exact) mass is 418 g/mol. The van der Waals surface area contributed by atoms with E-state index in [1.165, 1.54) is 57.8 Å². The summed E-state index contributed by atoms with van der Waals surface area (Å²) in [5.74, 6) is -2.20. The number of carboxylic acid groups (broad SMARTS) is 2. The number of carboxylic acids is 2. The molecular weight excluding hydrogens is 372 g/mol. The second-order valence-corrected chi connectivity index (χ2v) is 7.88. The van der Waals surface area contributed by atoms with Gasteiger partial charge in [-0.1, -0.05) is 110 Å². The maximum Gasteiger partial charge on any atom is 0.332 e. The van der Waals surface area contributed by atoms with Crippen molar-refractivity contribution in [1.82, 2.24) is 0 Å². The smallest absolute Gasteiger partial charge is 0.332 e. The minimum Gasteiger partial charge on any atom is -0.479 e. The summed E-state index contributed by atoms with van der Waals surface area (Å²) in [7, 11) is 0. The molecule has 0 amide bonds. The number of aliphatic hydroxyl groups is 2. The maximum atomic E-state index is 10.3. The number of aliphatic hydroxyl groups excluding tert-OH is 2. The van der Waals surface area contributed by atoms with Crippen molar-refractivity contribution in [3.8, 4) is 0 Å². The predicted molar refractivity (Wildman–Crippen MR) is 117 cm³/mol. The zero-order chi connectivity index (χ0) is 22.3. The standard InChI is InChI=1S/C12H24O3.C11H22O3/c1-2-3-4-5-6-7-8-9-10-11(13)12(14)15;1-2-3-4-5-6-7-8-9-10(12)11(13)14/h11,13H,2-10H2,1H3,(H,14,15);10,12H,2-9H2,1H3,(H,13,14). The van der Waals surface area contributed by atoms with E-state index in [2.05, 4.69) is 13.8 Å². The molecule has 0 aliphatic carbocycles.